The molecule has 1 amide bonds. The lowest BCUT2D eigenvalue weighted by atomic mass is 10.1. The first kappa shape index (κ1) is 15.9. The van der Waals surface area contributed by atoms with Gasteiger partial charge in [-0.3, -0.25) is 4.79 Å². The van der Waals surface area contributed by atoms with Crippen molar-refractivity contribution < 1.29 is 9.90 Å². The highest BCUT2D eigenvalue weighted by atomic mass is 16.3. The van der Waals surface area contributed by atoms with Crippen LogP contribution in [0.2, 0.25) is 0 Å². The Bertz CT molecular complexity index is 852. The van der Waals surface area contributed by atoms with Gasteiger partial charge in [0.15, 0.2) is 0 Å². The molecule has 122 valence electrons. The first-order valence-electron chi connectivity index (χ1n) is 7.65. The van der Waals surface area contributed by atoms with E-state index < -0.39 is 0 Å². The second-order valence-electron chi connectivity index (χ2n) is 5.38. The fraction of sp³-hybridized carbons (Fsp3) is 0.167. The van der Waals surface area contributed by atoms with E-state index in [9.17, 15) is 9.90 Å². The van der Waals surface area contributed by atoms with Crippen LogP contribution in [0.1, 0.15) is 16.1 Å². The summed E-state index contributed by atoms with van der Waals surface area (Å²) in [4.78, 5) is 22.8. The minimum Gasteiger partial charge on any atom is -0.395 e. The van der Waals surface area contributed by atoms with Gasteiger partial charge in [0.1, 0.15) is 5.69 Å². The van der Waals surface area contributed by atoms with Crippen molar-refractivity contribution in [3.8, 4) is 0 Å². The summed E-state index contributed by atoms with van der Waals surface area (Å²) in [5.41, 5.74) is 7.60. The van der Waals surface area contributed by atoms with Crippen LogP contribution in [0, 0.1) is 0 Å². The van der Waals surface area contributed by atoms with Gasteiger partial charge in [-0.1, -0.05) is 48.5 Å². The van der Waals surface area contributed by atoms with E-state index in [0.717, 1.165) is 5.56 Å². The molecule has 0 aliphatic carbocycles. The van der Waals surface area contributed by atoms with Gasteiger partial charge in [-0.2, -0.15) is 0 Å². The van der Waals surface area contributed by atoms with E-state index in [1.54, 1.807) is 17.0 Å². The van der Waals surface area contributed by atoms with E-state index in [1.807, 2.05) is 42.5 Å². The molecule has 0 aliphatic heterocycles. The van der Waals surface area contributed by atoms with E-state index in [-0.39, 0.29) is 30.7 Å². The number of para-hydroxylation sites is 1. The summed E-state index contributed by atoms with van der Waals surface area (Å²) in [6.07, 6.45) is 0. The monoisotopic (exact) mass is 322 g/mol. The van der Waals surface area contributed by atoms with E-state index in [1.165, 1.54) is 0 Å². The number of hydrogen-bond acceptors (Lipinski definition) is 5. The lowest BCUT2D eigenvalue weighted by Crippen LogP contribution is -2.34. The van der Waals surface area contributed by atoms with Gasteiger partial charge >= 0.3 is 0 Å². The van der Waals surface area contributed by atoms with Gasteiger partial charge in [-0.25, -0.2) is 9.97 Å². The fourth-order valence-corrected chi connectivity index (χ4v) is 2.58. The molecule has 0 aliphatic rings. The van der Waals surface area contributed by atoms with E-state index in [2.05, 4.69) is 9.97 Å². The van der Waals surface area contributed by atoms with E-state index in [4.69, 9.17) is 5.73 Å². The van der Waals surface area contributed by atoms with Gasteiger partial charge in [-0.15, -0.1) is 0 Å². The number of carbonyl (C=O) groups excluding carboxylic acids is 1. The van der Waals surface area contributed by atoms with Gasteiger partial charge in [-0.05, 0) is 11.6 Å². The minimum absolute atomic E-state index is 0.0562. The minimum atomic E-state index is -0.279. The fourth-order valence-electron chi connectivity index (χ4n) is 2.58. The number of benzene rings is 2. The number of aliphatic hydroxyl groups is 1. The van der Waals surface area contributed by atoms with Crippen molar-refractivity contribution in [1.29, 1.82) is 0 Å². The molecule has 24 heavy (non-hydrogen) atoms. The summed E-state index contributed by atoms with van der Waals surface area (Å²) in [5, 5.41) is 9.97. The van der Waals surface area contributed by atoms with Crippen LogP contribution in [0.4, 0.5) is 5.95 Å². The molecular formula is C18H18N4O2. The Morgan fingerprint density at radius 2 is 1.75 bits per heavy atom. The molecule has 0 saturated heterocycles. The smallest absolute Gasteiger partial charge is 0.273 e. The highest BCUT2D eigenvalue weighted by Crippen LogP contribution is 2.19. The molecule has 1 aromatic heterocycles. The number of anilines is 1. The number of hydrogen-bond donors (Lipinski definition) is 2. The highest BCUT2D eigenvalue weighted by molar-refractivity contribution is 6.04. The molecule has 6 nitrogen and oxygen atoms in total. The molecule has 1 heterocycles. The quantitative estimate of drug-likeness (QED) is 0.748. The molecule has 0 atom stereocenters. The zero-order valence-electron chi connectivity index (χ0n) is 13.1. The van der Waals surface area contributed by atoms with Crippen molar-refractivity contribution in [3.63, 3.8) is 0 Å². The molecule has 2 aromatic carbocycles. The Hall–Kier alpha value is -2.99. The van der Waals surface area contributed by atoms with Crippen LogP contribution >= 0.6 is 0 Å². The topological polar surface area (TPSA) is 92.3 Å². The number of aromatic nitrogens is 2. The normalized spacial score (nSPS) is 10.7. The summed E-state index contributed by atoms with van der Waals surface area (Å²) >= 11 is 0. The van der Waals surface area contributed by atoms with Crippen molar-refractivity contribution in [1.82, 2.24) is 14.9 Å². The molecule has 3 rings (SSSR count). The van der Waals surface area contributed by atoms with Crippen LogP contribution in [0.3, 0.4) is 0 Å². The number of fused-ring (bicyclic) bond motifs is 1. The van der Waals surface area contributed by atoms with Crippen LogP contribution < -0.4 is 5.73 Å². The molecule has 0 radical (unpaired) electrons. The average Bonchev–Trinajstić information content (AvgIpc) is 2.61. The lowest BCUT2D eigenvalue weighted by molar-refractivity contribution is 0.0704. The number of nitrogen functional groups attached to an aromatic ring is 1. The third-order valence-electron chi connectivity index (χ3n) is 3.70. The van der Waals surface area contributed by atoms with Crippen molar-refractivity contribution in [2.45, 2.75) is 6.54 Å². The predicted octanol–water partition coefficient (Wildman–Crippen LogP) is 1.85. The third-order valence-corrected chi connectivity index (χ3v) is 3.70. The zero-order valence-corrected chi connectivity index (χ0v) is 13.1. The zero-order chi connectivity index (χ0) is 16.9. The number of aliphatic hydroxyl groups excluding tert-OH is 1. The molecular weight excluding hydrogens is 304 g/mol. The Morgan fingerprint density at radius 3 is 2.50 bits per heavy atom. The van der Waals surface area contributed by atoms with Gasteiger partial charge in [0.05, 0.1) is 12.1 Å². The molecule has 0 fully saturated rings. The SMILES string of the molecule is Nc1nc(C(=O)N(CCO)Cc2ccccc2)c2ccccc2n1. The summed E-state index contributed by atoms with van der Waals surface area (Å²) in [6, 6.07) is 16.8. The third kappa shape index (κ3) is 3.33. The molecule has 6 heteroatoms. The Kier molecular flexibility index (Phi) is 4.67. The lowest BCUT2D eigenvalue weighted by Gasteiger charge is -2.22. The average molecular weight is 322 g/mol. The molecule has 3 aromatic rings. The summed E-state index contributed by atoms with van der Waals surface area (Å²) in [6.45, 7) is 0.474. The maximum absolute atomic E-state index is 13.0. The highest BCUT2D eigenvalue weighted by Gasteiger charge is 2.20. The Labute approximate surface area is 139 Å². The molecule has 0 spiro atoms. The summed E-state index contributed by atoms with van der Waals surface area (Å²) in [7, 11) is 0. The van der Waals surface area contributed by atoms with Crippen LogP contribution in [0.5, 0.6) is 0 Å². The number of rotatable bonds is 5. The maximum Gasteiger partial charge on any atom is 0.273 e. The maximum atomic E-state index is 13.0. The van der Waals surface area contributed by atoms with Crippen LogP contribution in [0.25, 0.3) is 10.9 Å². The number of carbonyl (C=O) groups is 1. The molecule has 0 unspecified atom stereocenters. The second kappa shape index (κ2) is 7.06. The van der Waals surface area contributed by atoms with Gasteiger partial charge in [0.25, 0.3) is 5.91 Å². The van der Waals surface area contributed by atoms with E-state index in [0.29, 0.717) is 17.4 Å². The number of nitrogens with zero attached hydrogens (tertiary/aromatic N) is 3. The van der Waals surface area contributed by atoms with Crippen molar-refractivity contribution in [3.05, 3.63) is 65.9 Å². The molecule has 0 bridgehead atoms. The van der Waals surface area contributed by atoms with Crippen molar-refractivity contribution >= 4 is 22.8 Å². The van der Waals surface area contributed by atoms with Gasteiger partial charge in [0.2, 0.25) is 5.95 Å². The van der Waals surface area contributed by atoms with Crippen LogP contribution in [0.15, 0.2) is 54.6 Å². The van der Waals surface area contributed by atoms with Crippen LogP contribution in [-0.2, 0) is 6.54 Å². The Morgan fingerprint density at radius 1 is 1.04 bits per heavy atom. The largest absolute Gasteiger partial charge is 0.395 e. The number of amides is 1. The van der Waals surface area contributed by atoms with Gasteiger partial charge in [0, 0.05) is 18.5 Å². The standard InChI is InChI=1S/C18H18N4O2/c19-18-20-15-9-5-4-8-14(15)16(21-18)17(24)22(10-11-23)12-13-6-2-1-3-7-13/h1-9,23H,10-12H2,(H2,19,20,21). The second-order valence-corrected chi connectivity index (χ2v) is 5.38. The van der Waals surface area contributed by atoms with Gasteiger partial charge < -0.3 is 15.7 Å². The van der Waals surface area contributed by atoms with Crippen LogP contribution in [-0.4, -0.2) is 39.0 Å². The predicted molar refractivity (Wildman–Crippen MR) is 92.2 cm³/mol. The van der Waals surface area contributed by atoms with Crippen molar-refractivity contribution in [2.24, 2.45) is 0 Å². The number of nitrogens with two attached hydrogens (primary N) is 1. The van der Waals surface area contributed by atoms with Crippen molar-refractivity contribution in [2.75, 3.05) is 18.9 Å². The Balaban J connectivity index is 1.98. The first-order valence-corrected chi connectivity index (χ1v) is 7.65. The summed E-state index contributed by atoms with van der Waals surface area (Å²) < 4.78 is 0. The molecule has 3 N–H and O–H groups in total. The van der Waals surface area contributed by atoms with E-state index >= 15 is 0 Å². The first-order chi connectivity index (χ1) is 11.7. The summed E-state index contributed by atoms with van der Waals surface area (Å²) in [5.74, 6) is -0.223. The molecule has 0 saturated carbocycles.